The summed E-state index contributed by atoms with van der Waals surface area (Å²) < 4.78 is 0. The average molecular weight is 364 g/mol. The zero-order valence-corrected chi connectivity index (χ0v) is 16.3. The molecule has 0 saturated heterocycles. The minimum atomic E-state index is 0.802. The van der Waals surface area contributed by atoms with Gasteiger partial charge < -0.3 is 0 Å². The minimum Gasteiger partial charge on any atom is -0.264 e. The largest absolute Gasteiger partial charge is 0.264 e. The Balaban J connectivity index is 2.12. The maximum atomic E-state index is 4.17. The zero-order valence-electron chi connectivity index (χ0n) is 16.3. The van der Waals surface area contributed by atoms with E-state index in [1.807, 2.05) is 49.4 Å². The van der Waals surface area contributed by atoms with E-state index < -0.39 is 0 Å². The molecule has 0 atom stereocenters. The molecule has 3 aromatic rings. The lowest BCUT2D eigenvalue weighted by Gasteiger charge is -2.12. The number of rotatable bonds is 7. The van der Waals surface area contributed by atoms with Crippen molar-refractivity contribution < 1.29 is 0 Å². The fourth-order valence-corrected chi connectivity index (χ4v) is 3.27. The minimum absolute atomic E-state index is 0.802. The van der Waals surface area contributed by atoms with Gasteiger partial charge in [-0.05, 0) is 65.6 Å². The Morgan fingerprint density at radius 3 is 2.39 bits per heavy atom. The van der Waals surface area contributed by atoms with Crippen molar-refractivity contribution in [2.75, 3.05) is 0 Å². The first-order valence-electron chi connectivity index (χ1n) is 9.45. The molecule has 0 fully saturated rings. The van der Waals surface area contributed by atoms with Crippen molar-refractivity contribution in [3.05, 3.63) is 120 Å². The van der Waals surface area contributed by atoms with Crippen LogP contribution in [0.4, 0.5) is 5.69 Å². The van der Waals surface area contributed by atoms with Crippen LogP contribution in [0, 0.1) is 0 Å². The second-order valence-electron chi connectivity index (χ2n) is 6.60. The van der Waals surface area contributed by atoms with Crippen LogP contribution >= 0.6 is 0 Å². The maximum absolute atomic E-state index is 4.17. The van der Waals surface area contributed by atoms with E-state index in [9.17, 15) is 0 Å². The van der Waals surface area contributed by atoms with E-state index in [2.05, 4.69) is 72.9 Å². The molecule has 0 N–H and O–H groups in total. The highest BCUT2D eigenvalue weighted by Gasteiger charge is 2.08. The Kier molecular flexibility index (Phi) is 6.54. The summed E-state index contributed by atoms with van der Waals surface area (Å²) >= 11 is 0. The highest BCUT2D eigenvalue weighted by Crippen LogP contribution is 2.29. The van der Waals surface area contributed by atoms with Crippen molar-refractivity contribution in [3.63, 3.8) is 0 Å². The number of hydrogen-bond donors (Lipinski definition) is 0. The third-order valence-corrected chi connectivity index (χ3v) is 4.68. The standard InChI is InChI=1S/C27H25N/c1-4-6-12-22(5-2)25-18-21(17-24-15-10-11-16-27(24)28-3)19-26(20-25)23-13-8-7-9-14-23/h4-16,18-20H,2-3,17H2,1H3/b6-4-,22-12+. The van der Waals surface area contributed by atoms with E-state index in [4.69, 9.17) is 0 Å². The van der Waals surface area contributed by atoms with Crippen LogP contribution in [-0.4, -0.2) is 6.72 Å². The predicted molar refractivity (Wildman–Crippen MR) is 123 cm³/mol. The van der Waals surface area contributed by atoms with Crippen LogP contribution in [0.2, 0.25) is 0 Å². The van der Waals surface area contributed by atoms with Gasteiger partial charge in [-0.25, -0.2) is 0 Å². The Morgan fingerprint density at radius 1 is 0.929 bits per heavy atom. The first-order valence-corrected chi connectivity index (χ1v) is 9.45. The highest BCUT2D eigenvalue weighted by atomic mass is 14.7. The quantitative estimate of drug-likeness (QED) is 0.306. The third-order valence-electron chi connectivity index (χ3n) is 4.68. The van der Waals surface area contributed by atoms with Gasteiger partial charge in [-0.15, -0.1) is 0 Å². The van der Waals surface area contributed by atoms with Crippen LogP contribution in [0.5, 0.6) is 0 Å². The van der Waals surface area contributed by atoms with Crippen molar-refractivity contribution in [2.45, 2.75) is 13.3 Å². The number of aliphatic imine (C=N–C) groups is 1. The Bertz CT molecular complexity index is 1020. The lowest BCUT2D eigenvalue weighted by atomic mass is 9.93. The van der Waals surface area contributed by atoms with E-state index >= 15 is 0 Å². The summed E-state index contributed by atoms with van der Waals surface area (Å²) in [6, 6.07) is 25.4. The van der Waals surface area contributed by atoms with Gasteiger partial charge in [0.1, 0.15) is 0 Å². The molecule has 0 spiro atoms. The summed E-state index contributed by atoms with van der Waals surface area (Å²) in [4.78, 5) is 4.17. The van der Waals surface area contributed by atoms with Gasteiger partial charge >= 0.3 is 0 Å². The van der Waals surface area contributed by atoms with E-state index in [0.29, 0.717) is 0 Å². The van der Waals surface area contributed by atoms with Gasteiger partial charge in [0.15, 0.2) is 0 Å². The van der Waals surface area contributed by atoms with Gasteiger partial charge in [0.05, 0.1) is 5.69 Å². The molecule has 3 aromatic carbocycles. The van der Waals surface area contributed by atoms with Crippen LogP contribution in [0.1, 0.15) is 23.6 Å². The van der Waals surface area contributed by atoms with E-state index in [0.717, 1.165) is 23.2 Å². The van der Waals surface area contributed by atoms with Gasteiger partial charge in [0, 0.05) is 0 Å². The first-order chi connectivity index (χ1) is 13.7. The number of nitrogens with zero attached hydrogens (tertiary/aromatic N) is 1. The van der Waals surface area contributed by atoms with Crippen LogP contribution in [0.3, 0.4) is 0 Å². The third kappa shape index (κ3) is 4.63. The molecule has 1 nitrogen and oxygen atoms in total. The number of hydrogen-bond acceptors (Lipinski definition) is 1. The summed E-state index contributed by atoms with van der Waals surface area (Å²) in [7, 11) is 0. The summed E-state index contributed by atoms with van der Waals surface area (Å²) in [6.45, 7) is 9.74. The van der Waals surface area contributed by atoms with Gasteiger partial charge in [-0.2, -0.15) is 0 Å². The summed E-state index contributed by atoms with van der Waals surface area (Å²) in [5.41, 5.74) is 8.01. The van der Waals surface area contributed by atoms with Crippen LogP contribution in [0.25, 0.3) is 16.7 Å². The Labute approximate surface area is 168 Å². The SMILES string of the molecule is C=C/C(=C\C=C/C)c1cc(Cc2ccccc2N=C)cc(-c2ccccc2)c1. The van der Waals surface area contributed by atoms with Crippen molar-refractivity contribution in [1.29, 1.82) is 0 Å². The van der Waals surface area contributed by atoms with Crippen molar-refractivity contribution in [3.8, 4) is 11.1 Å². The van der Waals surface area contributed by atoms with Gasteiger partial charge in [0.2, 0.25) is 0 Å². The molecule has 0 aromatic heterocycles. The molecule has 3 rings (SSSR count). The molecule has 28 heavy (non-hydrogen) atoms. The Morgan fingerprint density at radius 2 is 1.68 bits per heavy atom. The molecule has 138 valence electrons. The molecule has 0 aliphatic rings. The average Bonchev–Trinajstić information content (AvgIpc) is 2.75. The molecule has 0 amide bonds. The molecule has 0 bridgehead atoms. The molecule has 0 saturated carbocycles. The summed E-state index contributed by atoms with van der Waals surface area (Å²) in [6.07, 6.45) is 8.88. The lowest BCUT2D eigenvalue weighted by Crippen LogP contribution is -1.93. The highest BCUT2D eigenvalue weighted by molar-refractivity contribution is 5.79. The molecule has 1 heteroatoms. The normalized spacial score (nSPS) is 11.5. The summed E-state index contributed by atoms with van der Waals surface area (Å²) in [5.74, 6) is 0. The fraction of sp³-hybridized carbons (Fsp3) is 0.0741. The molecular formula is C27H25N. The molecule has 0 aliphatic heterocycles. The van der Waals surface area contributed by atoms with Gasteiger partial charge in [0.25, 0.3) is 0 Å². The lowest BCUT2D eigenvalue weighted by molar-refractivity contribution is 1.18. The summed E-state index contributed by atoms with van der Waals surface area (Å²) in [5, 5.41) is 0. The number of allylic oxidation sites excluding steroid dienone is 5. The molecular weight excluding hydrogens is 338 g/mol. The maximum Gasteiger partial charge on any atom is 0.0657 e. The number of benzene rings is 3. The topological polar surface area (TPSA) is 12.4 Å². The molecule has 0 heterocycles. The van der Waals surface area contributed by atoms with Gasteiger partial charge in [-0.3, -0.25) is 4.99 Å². The smallest absolute Gasteiger partial charge is 0.0657 e. The Hall–Kier alpha value is -3.45. The first kappa shape index (κ1) is 19.3. The van der Waals surface area contributed by atoms with E-state index in [-0.39, 0.29) is 0 Å². The predicted octanol–water partition coefficient (Wildman–Crippen LogP) is 7.42. The van der Waals surface area contributed by atoms with Gasteiger partial charge in [-0.1, -0.05) is 91.5 Å². The van der Waals surface area contributed by atoms with Crippen molar-refractivity contribution >= 4 is 18.0 Å². The van der Waals surface area contributed by atoms with Crippen molar-refractivity contribution in [1.82, 2.24) is 0 Å². The van der Waals surface area contributed by atoms with Crippen LogP contribution < -0.4 is 0 Å². The van der Waals surface area contributed by atoms with Crippen LogP contribution in [0.15, 0.2) is 109 Å². The molecule has 0 radical (unpaired) electrons. The van der Waals surface area contributed by atoms with Crippen molar-refractivity contribution in [2.24, 2.45) is 4.99 Å². The monoisotopic (exact) mass is 363 g/mol. The fourth-order valence-electron chi connectivity index (χ4n) is 3.27. The number of para-hydroxylation sites is 1. The zero-order chi connectivity index (χ0) is 19.8. The molecule has 0 aliphatic carbocycles. The second kappa shape index (κ2) is 9.48. The second-order valence-corrected chi connectivity index (χ2v) is 6.60. The van der Waals surface area contributed by atoms with E-state index in [1.54, 1.807) is 0 Å². The van der Waals surface area contributed by atoms with E-state index in [1.165, 1.54) is 22.3 Å². The molecule has 0 unspecified atom stereocenters. The van der Waals surface area contributed by atoms with Crippen LogP contribution in [-0.2, 0) is 6.42 Å².